The Bertz CT molecular complexity index is 179. The van der Waals surface area contributed by atoms with Crippen LogP contribution in [0.15, 0.2) is 24.3 Å². The lowest BCUT2D eigenvalue weighted by atomic mass is 10.1. The van der Waals surface area contributed by atoms with E-state index in [1.165, 1.54) is 5.56 Å². The standard InChI is InChI=1S/C9H10Cl/c1-8(10)7-9-5-3-2-4-6-9/h3-6,8H,7H2,1H3. The lowest BCUT2D eigenvalue weighted by molar-refractivity contribution is 0.931. The highest BCUT2D eigenvalue weighted by atomic mass is 35.5. The molecule has 0 spiro atoms. The third-order valence-corrected chi connectivity index (χ3v) is 1.46. The van der Waals surface area contributed by atoms with Gasteiger partial charge in [-0.2, -0.15) is 0 Å². The maximum Gasteiger partial charge on any atom is 0.0348 e. The van der Waals surface area contributed by atoms with Crippen LogP contribution in [0.5, 0.6) is 0 Å². The molecule has 0 bridgehead atoms. The van der Waals surface area contributed by atoms with E-state index in [1.54, 1.807) is 0 Å². The Morgan fingerprint density at radius 2 is 2.10 bits per heavy atom. The van der Waals surface area contributed by atoms with Crippen LogP contribution in [0, 0.1) is 6.07 Å². The van der Waals surface area contributed by atoms with E-state index in [1.807, 2.05) is 31.2 Å². The zero-order chi connectivity index (χ0) is 7.40. The van der Waals surface area contributed by atoms with Crippen LogP contribution in [0.2, 0.25) is 0 Å². The fourth-order valence-electron chi connectivity index (χ4n) is 0.882. The van der Waals surface area contributed by atoms with Crippen molar-refractivity contribution in [3.8, 4) is 0 Å². The average Bonchev–Trinajstić information content (AvgIpc) is 1.88. The summed E-state index contributed by atoms with van der Waals surface area (Å²) in [6.07, 6.45) is 0.941. The number of halogens is 1. The third-order valence-electron chi connectivity index (χ3n) is 1.30. The molecule has 53 valence electrons. The zero-order valence-corrected chi connectivity index (χ0v) is 6.73. The molecule has 0 heterocycles. The summed E-state index contributed by atoms with van der Waals surface area (Å²) in [7, 11) is 0. The lowest BCUT2D eigenvalue weighted by Crippen LogP contribution is -1.95. The molecule has 0 fully saturated rings. The summed E-state index contributed by atoms with van der Waals surface area (Å²) in [6.45, 7) is 2.00. The minimum atomic E-state index is 0.224. The van der Waals surface area contributed by atoms with Gasteiger partial charge in [-0.25, -0.2) is 0 Å². The second-order valence-electron chi connectivity index (χ2n) is 2.39. The topological polar surface area (TPSA) is 0 Å². The van der Waals surface area contributed by atoms with Gasteiger partial charge in [0.1, 0.15) is 0 Å². The molecule has 1 aromatic carbocycles. The fraction of sp³-hybridized carbons (Fsp3) is 0.333. The first-order chi connectivity index (χ1) is 4.79. The van der Waals surface area contributed by atoms with E-state index in [-0.39, 0.29) is 5.38 Å². The Labute approximate surface area is 66.8 Å². The summed E-state index contributed by atoms with van der Waals surface area (Å²) in [5, 5.41) is 0.224. The van der Waals surface area contributed by atoms with Gasteiger partial charge in [0, 0.05) is 5.38 Å². The maximum atomic E-state index is 5.80. The van der Waals surface area contributed by atoms with Gasteiger partial charge >= 0.3 is 0 Å². The summed E-state index contributed by atoms with van der Waals surface area (Å²) in [5.41, 5.74) is 1.28. The first-order valence-corrected chi connectivity index (χ1v) is 3.82. The maximum absolute atomic E-state index is 5.80. The predicted molar refractivity (Wildman–Crippen MR) is 44.3 cm³/mol. The lowest BCUT2D eigenvalue weighted by Gasteiger charge is -2.00. The molecule has 0 aliphatic heterocycles. The van der Waals surface area contributed by atoms with E-state index >= 15 is 0 Å². The molecular weight excluding hydrogens is 144 g/mol. The van der Waals surface area contributed by atoms with Crippen molar-refractivity contribution in [3.63, 3.8) is 0 Å². The van der Waals surface area contributed by atoms with Crippen LogP contribution in [0.4, 0.5) is 0 Å². The molecule has 1 radical (unpaired) electrons. The average molecular weight is 154 g/mol. The van der Waals surface area contributed by atoms with Crippen LogP contribution < -0.4 is 0 Å². The quantitative estimate of drug-likeness (QED) is 0.573. The van der Waals surface area contributed by atoms with Crippen molar-refractivity contribution in [1.29, 1.82) is 0 Å². The van der Waals surface area contributed by atoms with Crippen LogP contribution in [0.3, 0.4) is 0 Å². The van der Waals surface area contributed by atoms with Crippen molar-refractivity contribution in [3.05, 3.63) is 35.9 Å². The third kappa shape index (κ3) is 2.40. The highest BCUT2D eigenvalue weighted by Crippen LogP contribution is 2.05. The van der Waals surface area contributed by atoms with E-state index in [9.17, 15) is 0 Å². The highest BCUT2D eigenvalue weighted by Gasteiger charge is 1.96. The van der Waals surface area contributed by atoms with Crippen LogP contribution in [-0.4, -0.2) is 5.38 Å². The van der Waals surface area contributed by atoms with Crippen molar-refractivity contribution in [2.75, 3.05) is 0 Å². The molecule has 1 unspecified atom stereocenters. The Morgan fingerprint density at radius 1 is 1.50 bits per heavy atom. The van der Waals surface area contributed by atoms with Gasteiger partial charge in [0.2, 0.25) is 0 Å². The highest BCUT2D eigenvalue weighted by molar-refractivity contribution is 6.20. The molecule has 0 nitrogen and oxygen atoms in total. The molecule has 0 aliphatic rings. The van der Waals surface area contributed by atoms with Crippen molar-refractivity contribution in [1.82, 2.24) is 0 Å². The fourth-order valence-corrected chi connectivity index (χ4v) is 1.06. The molecule has 0 aromatic heterocycles. The molecule has 1 heteroatoms. The second kappa shape index (κ2) is 3.62. The van der Waals surface area contributed by atoms with Gasteiger partial charge in [-0.05, 0) is 25.0 Å². The summed E-state index contributed by atoms with van der Waals surface area (Å²) in [4.78, 5) is 0. The molecule has 0 saturated carbocycles. The van der Waals surface area contributed by atoms with E-state index in [2.05, 4.69) is 6.07 Å². The molecule has 0 amide bonds. The Morgan fingerprint density at radius 3 is 2.60 bits per heavy atom. The van der Waals surface area contributed by atoms with Crippen molar-refractivity contribution >= 4 is 11.6 Å². The predicted octanol–water partition coefficient (Wildman–Crippen LogP) is 2.66. The number of hydrogen-bond acceptors (Lipinski definition) is 0. The monoisotopic (exact) mass is 153 g/mol. The summed E-state index contributed by atoms with van der Waals surface area (Å²) >= 11 is 5.80. The van der Waals surface area contributed by atoms with E-state index in [0.29, 0.717) is 0 Å². The Balaban J connectivity index is 2.59. The zero-order valence-electron chi connectivity index (χ0n) is 5.97. The first kappa shape index (κ1) is 7.62. The van der Waals surface area contributed by atoms with Gasteiger partial charge in [0.05, 0.1) is 0 Å². The minimum Gasteiger partial charge on any atom is -0.123 e. The molecule has 1 rings (SSSR count). The van der Waals surface area contributed by atoms with Gasteiger partial charge in [-0.15, -0.1) is 11.6 Å². The Kier molecular flexibility index (Phi) is 2.76. The van der Waals surface area contributed by atoms with Gasteiger partial charge in [0.25, 0.3) is 0 Å². The largest absolute Gasteiger partial charge is 0.123 e. The SMILES string of the molecule is CC(Cl)Cc1cc[c]cc1. The summed E-state index contributed by atoms with van der Waals surface area (Å²) < 4.78 is 0. The van der Waals surface area contributed by atoms with E-state index in [0.717, 1.165) is 6.42 Å². The first-order valence-electron chi connectivity index (χ1n) is 3.38. The van der Waals surface area contributed by atoms with Crippen LogP contribution in [-0.2, 0) is 6.42 Å². The number of benzene rings is 1. The van der Waals surface area contributed by atoms with Gasteiger partial charge in [0.15, 0.2) is 0 Å². The Hall–Kier alpha value is -0.490. The van der Waals surface area contributed by atoms with E-state index < -0.39 is 0 Å². The van der Waals surface area contributed by atoms with Crippen molar-refractivity contribution < 1.29 is 0 Å². The molecule has 1 aromatic rings. The smallest absolute Gasteiger partial charge is 0.0348 e. The van der Waals surface area contributed by atoms with Crippen LogP contribution >= 0.6 is 11.6 Å². The van der Waals surface area contributed by atoms with Crippen LogP contribution in [0.1, 0.15) is 12.5 Å². The molecule has 0 N–H and O–H groups in total. The van der Waals surface area contributed by atoms with Gasteiger partial charge in [-0.1, -0.05) is 24.3 Å². The molecule has 1 atom stereocenters. The minimum absolute atomic E-state index is 0.224. The number of alkyl halides is 1. The molecule has 0 saturated heterocycles. The van der Waals surface area contributed by atoms with Crippen molar-refractivity contribution in [2.24, 2.45) is 0 Å². The van der Waals surface area contributed by atoms with E-state index in [4.69, 9.17) is 11.6 Å². The number of hydrogen-bond donors (Lipinski definition) is 0. The normalized spacial score (nSPS) is 13.0. The molecule has 0 aliphatic carbocycles. The number of rotatable bonds is 2. The summed E-state index contributed by atoms with van der Waals surface area (Å²) in [6, 6.07) is 10.9. The van der Waals surface area contributed by atoms with Gasteiger partial charge < -0.3 is 0 Å². The van der Waals surface area contributed by atoms with Crippen molar-refractivity contribution in [2.45, 2.75) is 18.7 Å². The molecule has 10 heavy (non-hydrogen) atoms. The summed E-state index contributed by atoms with van der Waals surface area (Å²) in [5.74, 6) is 0. The molecular formula is C9H10Cl. The second-order valence-corrected chi connectivity index (χ2v) is 3.14. The van der Waals surface area contributed by atoms with Crippen LogP contribution in [0.25, 0.3) is 0 Å². The van der Waals surface area contributed by atoms with Gasteiger partial charge in [-0.3, -0.25) is 0 Å².